The van der Waals surface area contributed by atoms with Gasteiger partial charge in [0.25, 0.3) is 0 Å². The van der Waals surface area contributed by atoms with E-state index in [4.69, 9.17) is 19.9 Å². The van der Waals surface area contributed by atoms with Crippen LogP contribution in [-0.4, -0.2) is 24.5 Å². The lowest BCUT2D eigenvalue weighted by atomic mass is 9.92. The summed E-state index contributed by atoms with van der Waals surface area (Å²) in [4.78, 5) is 19.3. The average molecular weight is 482 g/mol. The summed E-state index contributed by atoms with van der Waals surface area (Å²) in [6.07, 6.45) is 3.97. The maximum atomic E-state index is 4.89. The monoisotopic (exact) mass is 481 g/mol. The zero-order valence-electron chi connectivity index (χ0n) is 23.2. The summed E-state index contributed by atoms with van der Waals surface area (Å²) >= 11 is 0. The van der Waals surface area contributed by atoms with Crippen LogP contribution < -0.4 is 0 Å². The maximum absolute atomic E-state index is 4.89. The molecule has 0 saturated heterocycles. The highest BCUT2D eigenvalue weighted by molar-refractivity contribution is 5.68. The number of nitrogens with zero attached hydrogens (tertiary/aromatic N) is 5. The molecular weight excluding hydrogens is 442 g/mol. The first-order valence-electron chi connectivity index (χ1n) is 13.0. The van der Waals surface area contributed by atoms with Gasteiger partial charge in [-0.15, -0.1) is 0 Å². The van der Waals surface area contributed by atoms with E-state index < -0.39 is 0 Å². The van der Waals surface area contributed by atoms with E-state index in [0.29, 0.717) is 17.7 Å². The Balaban J connectivity index is 1.88. The van der Waals surface area contributed by atoms with E-state index in [9.17, 15) is 0 Å². The Kier molecular flexibility index (Phi) is 7.12. The zero-order chi connectivity index (χ0) is 26.2. The number of benzene rings is 2. The molecule has 0 unspecified atom stereocenters. The van der Waals surface area contributed by atoms with Gasteiger partial charge in [-0.1, -0.05) is 98.7 Å². The Morgan fingerprint density at radius 1 is 0.722 bits per heavy atom. The van der Waals surface area contributed by atoms with E-state index in [1.165, 1.54) is 16.8 Å². The van der Waals surface area contributed by atoms with Crippen molar-refractivity contribution in [2.75, 3.05) is 0 Å². The predicted octanol–water partition coefficient (Wildman–Crippen LogP) is 8.06. The van der Waals surface area contributed by atoms with Gasteiger partial charge in [-0.2, -0.15) is 0 Å². The smallest absolute Gasteiger partial charge is 0.163 e. The van der Waals surface area contributed by atoms with Crippen LogP contribution in [0, 0.1) is 0 Å². The highest BCUT2D eigenvalue weighted by atomic mass is 15.1. The van der Waals surface area contributed by atoms with Gasteiger partial charge in [0.1, 0.15) is 17.5 Å². The van der Waals surface area contributed by atoms with E-state index in [-0.39, 0.29) is 11.3 Å². The molecule has 188 valence electrons. The van der Waals surface area contributed by atoms with E-state index in [1.807, 2.05) is 6.20 Å². The highest BCUT2D eigenvalue weighted by Crippen LogP contribution is 2.34. The fourth-order valence-corrected chi connectivity index (χ4v) is 4.40. The van der Waals surface area contributed by atoms with Crippen molar-refractivity contribution >= 4 is 0 Å². The van der Waals surface area contributed by atoms with Crippen LogP contribution in [0.2, 0.25) is 0 Å². The lowest BCUT2D eigenvalue weighted by Gasteiger charge is -2.22. The molecule has 4 aromatic rings. The summed E-state index contributed by atoms with van der Waals surface area (Å²) in [6.45, 7) is 19.7. The topological polar surface area (TPSA) is 56.5 Å². The maximum Gasteiger partial charge on any atom is 0.163 e. The van der Waals surface area contributed by atoms with E-state index in [0.717, 1.165) is 28.6 Å². The second kappa shape index (κ2) is 9.96. The zero-order valence-corrected chi connectivity index (χ0v) is 23.2. The van der Waals surface area contributed by atoms with Crippen LogP contribution in [-0.2, 0) is 5.41 Å². The molecule has 5 heteroatoms. The molecule has 2 heterocycles. The van der Waals surface area contributed by atoms with E-state index in [2.05, 4.69) is 116 Å². The van der Waals surface area contributed by atoms with E-state index in [1.54, 1.807) is 0 Å². The molecule has 0 aliphatic heterocycles. The summed E-state index contributed by atoms with van der Waals surface area (Å²) < 4.78 is 2.25. The molecule has 0 saturated carbocycles. The van der Waals surface area contributed by atoms with Crippen LogP contribution in [0.5, 0.6) is 0 Å². The lowest BCUT2D eigenvalue weighted by Crippen LogP contribution is -2.19. The van der Waals surface area contributed by atoms with Crippen molar-refractivity contribution in [2.45, 2.75) is 85.5 Å². The Hall–Kier alpha value is -3.34. The molecule has 0 N–H and O–H groups in total. The van der Waals surface area contributed by atoms with Crippen LogP contribution in [0.25, 0.3) is 28.5 Å². The second-order valence-electron chi connectivity index (χ2n) is 11.5. The second-order valence-corrected chi connectivity index (χ2v) is 11.5. The molecule has 5 nitrogen and oxygen atoms in total. The largest absolute Gasteiger partial charge is 0.299 e. The number of rotatable bonds is 6. The third-order valence-electron chi connectivity index (χ3n) is 6.44. The predicted molar refractivity (Wildman–Crippen MR) is 149 cm³/mol. The first-order valence-corrected chi connectivity index (χ1v) is 13.0. The number of hydrogen-bond donors (Lipinski definition) is 0. The molecule has 0 spiro atoms. The van der Waals surface area contributed by atoms with Crippen molar-refractivity contribution in [3.05, 3.63) is 77.6 Å². The van der Waals surface area contributed by atoms with Crippen LogP contribution in [0.4, 0.5) is 0 Å². The summed E-state index contributed by atoms with van der Waals surface area (Å²) in [5, 5.41) is 0. The summed E-state index contributed by atoms with van der Waals surface area (Å²) in [6, 6.07) is 15.0. The van der Waals surface area contributed by atoms with E-state index >= 15 is 0 Å². The highest BCUT2D eigenvalue weighted by Gasteiger charge is 2.22. The molecule has 36 heavy (non-hydrogen) atoms. The van der Waals surface area contributed by atoms with Crippen molar-refractivity contribution in [3.63, 3.8) is 0 Å². The molecule has 0 bridgehead atoms. The van der Waals surface area contributed by atoms with Crippen LogP contribution in [0.15, 0.2) is 54.9 Å². The van der Waals surface area contributed by atoms with Crippen molar-refractivity contribution in [1.82, 2.24) is 24.5 Å². The normalized spacial score (nSPS) is 12.2. The number of para-hydroxylation sites is 1. The van der Waals surface area contributed by atoms with Gasteiger partial charge in [0.15, 0.2) is 5.82 Å². The van der Waals surface area contributed by atoms with Gasteiger partial charge in [-0.25, -0.2) is 19.9 Å². The molecule has 0 atom stereocenters. The minimum absolute atomic E-state index is 0.164. The average Bonchev–Trinajstić information content (AvgIpc) is 3.32. The first-order chi connectivity index (χ1) is 17.0. The van der Waals surface area contributed by atoms with Crippen LogP contribution >= 0.6 is 0 Å². The first kappa shape index (κ1) is 25.7. The summed E-state index contributed by atoms with van der Waals surface area (Å²) in [5.74, 6) is 4.29. The van der Waals surface area contributed by atoms with Gasteiger partial charge in [-0.05, 0) is 29.0 Å². The molecule has 0 fully saturated rings. The fourth-order valence-electron chi connectivity index (χ4n) is 4.40. The molecule has 0 aliphatic rings. The lowest BCUT2D eigenvalue weighted by molar-refractivity contribution is 0.533. The minimum atomic E-state index is -0.164. The Morgan fingerprint density at radius 2 is 1.33 bits per heavy atom. The van der Waals surface area contributed by atoms with Gasteiger partial charge in [-0.3, -0.25) is 4.57 Å². The summed E-state index contributed by atoms with van der Waals surface area (Å²) in [7, 11) is 0. The molecule has 0 radical (unpaired) electrons. The molecule has 0 amide bonds. The van der Waals surface area contributed by atoms with Crippen molar-refractivity contribution in [2.24, 2.45) is 0 Å². The number of imidazole rings is 1. The van der Waals surface area contributed by atoms with Gasteiger partial charge in [0.2, 0.25) is 0 Å². The SMILES string of the molecule is CC(C)c1nc(-c2cccc(-c3nccn3-c3c(C(C)C)cccc3C(C)C)c2)nc(C(C)(C)C)n1. The number of aromatic nitrogens is 5. The van der Waals surface area contributed by atoms with Crippen LogP contribution in [0.1, 0.15) is 103 Å². The number of hydrogen-bond acceptors (Lipinski definition) is 4. The molecule has 2 aromatic carbocycles. The van der Waals surface area contributed by atoms with Gasteiger partial charge in [0, 0.05) is 34.9 Å². The molecule has 2 aromatic heterocycles. The molecule has 0 aliphatic carbocycles. The minimum Gasteiger partial charge on any atom is -0.299 e. The van der Waals surface area contributed by atoms with Gasteiger partial charge >= 0.3 is 0 Å². The Labute approximate surface area is 216 Å². The van der Waals surface area contributed by atoms with Gasteiger partial charge in [0.05, 0.1) is 5.69 Å². The third-order valence-corrected chi connectivity index (χ3v) is 6.44. The van der Waals surface area contributed by atoms with Crippen LogP contribution in [0.3, 0.4) is 0 Å². The Morgan fingerprint density at radius 3 is 1.92 bits per heavy atom. The quantitative estimate of drug-likeness (QED) is 0.279. The Bertz CT molecular complexity index is 1330. The van der Waals surface area contributed by atoms with Crippen molar-refractivity contribution in [1.29, 1.82) is 0 Å². The van der Waals surface area contributed by atoms with Gasteiger partial charge < -0.3 is 0 Å². The van der Waals surface area contributed by atoms with Crippen molar-refractivity contribution in [3.8, 4) is 28.5 Å². The summed E-state index contributed by atoms with van der Waals surface area (Å²) in [5.41, 5.74) is 5.73. The fraction of sp³-hybridized carbons (Fsp3) is 0.419. The van der Waals surface area contributed by atoms with Crippen molar-refractivity contribution < 1.29 is 0 Å². The molecule has 4 rings (SSSR count). The molecular formula is C31H39N5. The third kappa shape index (κ3) is 5.11. The standard InChI is InChI=1S/C31H39N5/c1-19(2)24-14-11-15-25(20(3)4)26(24)36-17-16-32-29(36)23-13-10-12-22(18-23)28-33-27(21(5)6)34-30(35-28)31(7,8)9/h10-21H,1-9H3.